The summed E-state index contributed by atoms with van der Waals surface area (Å²) in [6.07, 6.45) is 3.79. The smallest absolute Gasteiger partial charge is 0.223 e. The van der Waals surface area contributed by atoms with Crippen molar-refractivity contribution in [2.24, 2.45) is 11.7 Å². The fraction of sp³-hybridized carbons (Fsp3) is 0.900. The first-order valence-electron chi connectivity index (χ1n) is 5.40. The van der Waals surface area contributed by atoms with Crippen LogP contribution in [0.2, 0.25) is 0 Å². The van der Waals surface area contributed by atoms with Crippen LogP contribution in [0.25, 0.3) is 0 Å². The van der Waals surface area contributed by atoms with E-state index in [2.05, 4.69) is 5.32 Å². The van der Waals surface area contributed by atoms with E-state index in [9.17, 15) is 9.90 Å². The Morgan fingerprint density at radius 2 is 2.00 bits per heavy atom. The average Bonchev–Trinajstić information content (AvgIpc) is 2.19. The number of hydrogen-bond acceptors (Lipinski definition) is 3. The van der Waals surface area contributed by atoms with Gasteiger partial charge in [0, 0.05) is 12.5 Å². The Bertz CT molecular complexity index is 177. The number of nitrogens with one attached hydrogen (secondary N) is 1. The molecule has 1 fully saturated rings. The molecule has 1 rings (SSSR count). The number of carbonyl (C=O) groups excluding carboxylic acids is 1. The maximum Gasteiger partial charge on any atom is 0.223 e. The minimum Gasteiger partial charge on any atom is -0.393 e. The quantitative estimate of drug-likeness (QED) is 0.559. The molecule has 0 spiro atoms. The third-order valence-electron chi connectivity index (χ3n) is 2.75. The summed E-state index contributed by atoms with van der Waals surface area (Å²) in [5, 5.41) is 12.1. The number of aliphatic hydroxyl groups excluding tert-OH is 1. The Kier molecular flexibility index (Phi) is 4.90. The van der Waals surface area contributed by atoms with E-state index < -0.39 is 0 Å². The monoisotopic (exact) mass is 200 g/mol. The van der Waals surface area contributed by atoms with Crippen molar-refractivity contribution in [2.45, 2.75) is 38.2 Å². The van der Waals surface area contributed by atoms with Crippen molar-refractivity contribution in [3.63, 3.8) is 0 Å². The van der Waals surface area contributed by atoms with Gasteiger partial charge >= 0.3 is 0 Å². The lowest BCUT2D eigenvalue weighted by Gasteiger charge is -2.24. The second-order valence-corrected chi connectivity index (χ2v) is 3.94. The molecule has 0 bridgehead atoms. The minimum absolute atomic E-state index is 0.108. The van der Waals surface area contributed by atoms with Gasteiger partial charge in [0.1, 0.15) is 0 Å². The molecule has 0 aromatic heterocycles. The van der Waals surface area contributed by atoms with Gasteiger partial charge in [-0.15, -0.1) is 0 Å². The lowest BCUT2D eigenvalue weighted by molar-refractivity contribution is -0.126. The molecule has 0 heterocycles. The summed E-state index contributed by atoms with van der Waals surface area (Å²) in [5.74, 6) is 0.238. The van der Waals surface area contributed by atoms with Crippen LogP contribution in [-0.4, -0.2) is 30.2 Å². The van der Waals surface area contributed by atoms with Crippen LogP contribution in [0.4, 0.5) is 0 Å². The van der Waals surface area contributed by atoms with E-state index in [1.807, 2.05) is 0 Å². The van der Waals surface area contributed by atoms with E-state index in [0.717, 1.165) is 32.1 Å². The molecule has 0 saturated heterocycles. The summed E-state index contributed by atoms with van der Waals surface area (Å²) in [6, 6.07) is 0. The molecular formula is C10H20N2O2. The van der Waals surface area contributed by atoms with Crippen LogP contribution in [0.5, 0.6) is 0 Å². The fourth-order valence-corrected chi connectivity index (χ4v) is 1.80. The highest BCUT2D eigenvalue weighted by atomic mass is 16.3. The van der Waals surface area contributed by atoms with E-state index >= 15 is 0 Å². The van der Waals surface area contributed by atoms with Crippen LogP contribution in [-0.2, 0) is 4.79 Å². The van der Waals surface area contributed by atoms with Crippen LogP contribution >= 0.6 is 0 Å². The standard InChI is InChI=1S/C10H20N2O2/c11-6-1-7-12-10(14)8-2-4-9(13)5-3-8/h8-9,13H,1-7,11H2,(H,12,14). The van der Waals surface area contributed by atoms with Gasteiger partial charge in [-0.25, -0.2) is 0 Å². The van der Waals surface area contributed by atoms with Crippen molar-refractivity contribution in [3.8, 4) is 0 Å². The lowest BCUT2D eigenvalue weighted by Crippen LogP contribution is -2.35. The van der Waals surface area contributed by atoms with Crippen molar-refractivity contribution in [1.29, 1.82) is 0 Å². The van der Waals surface area contributed by atoms with E-state index in [-0.39, 0.29) is 17.9 Å². The third-order valence-corrected chi connectivity index (χ3v) is 2.75. The van der Waals surface area contributed by atoms with Crippen LogP contribution in [0.1, 0.15) is 32.1 Å². The molecule has 4 nitrogen and oxygen atoms in total. The number of carbonyl (C=O) groups is 1. The molecule has 14 heavy (non-hydrogen) atoms. The van der Waals surface area contributed by atoms with E-state index in [1.165, 1.54) is 0 Å². The van der Waals surface area contributed by atoms with Crippen LogP contribution in [0.15, 0.2) is 0 Å². The summed E-state index contributed by atoms with van der Waals surface area (Å²) in [6.45, 7) is 1.29. The SMILES string of the molecule is NCCCNC(=O)C1CCC(O)CC1. The van der Waals surface area contributed by atoms with E-state index in [4.69, 9.17) is 5.73 Å². The first kappa shape index (κ1) is 11.5. The second-order valence-electron chi connectivity index (χ2n) is 3.94. The maximum absolute atomic E-state index is 11.5. The predicted octanol–water partition coefficient (Wildman–Crippen LogP) is 0.00250. The Hall–Kier alpha value is -0.610. The molecule has 0 atom stereocenters. The summed E-state index contributed by atoms with van der Waals surface area (Å²) in [5.41, 5.74) is 5.33. The zero-order valence-corrected chi connectivity index (χ0v) is 8.54. The summed E-state index contributed by atoms with van der Waals surface area (Å²) < 4.78 is 0. The molecular weight excluding hydrogens is 180 g/mol. The van der Waals surface area contributed by atoms with Gasteiger partial charge in [0.05, 0.1) is 6.10 Å². The van der Waals surface area contributed by atoms with Crippen molar-refractivity contribution in [1.82, 2.24) is 5.32 Å². The van der Waals surface area contributed by atoms with Crippen molar-refractivity contribution in [2.75, 3.05) is 13.1 Å². The molecule has 1 aliphatic carbocycles. The van der Waals surface area contributed by atoms with Gasteiger partial charge in [0.2, 0.25) is 5.91 Å². The van der Waals surface area contributed by atoms with Crippen LogP contribution in [0, 0.1) is 5.92 Å². The summed E-state index contributed by atoms with van der Waals surface area (Å²) in [4.78, 5) is 11.5. The number of amides is 1. The molecule has 0 aromatic rings. The zero-order chi connectivity index (χ0) is 10.4. The Labute approximate surface area is 84.9 Å². The highest BCUT2D eigenvalue weighted by Crippen LogP contribution is 2.23. The topological polar surface area (TPSA) is 75.3 Å². The number of hydrogen-bond donors (Lipinski definition) is 3. The first-order chi connectivity index (χ1) is 6.74. The Balaban J connectivity index is 2.17. The van der Waals surface area contributed by atoms with Gasteiger partial charge in [0.15, 0.2) is 0 Å². The van der Waals surface area contributed by atoms with Gasteiger partial charge in [-0.05, 0) is 38.6 Å². The molecule has 0 aromatic carbocycles. The number of aliphatic hydroxyl groups is 1. The fourth-order valence-electron chi connectivity index (χ4n) is 1.80. The Morgan fingerprint density at radius 3 is 2.57 bits per heavy atom. The van der Waals surface area contributed by atoms with Crippen LogP contribution < -0.4 is 11.1 Å². The average molecular weight is 200 g/mol. The number of rotatable bonds is 4. The number of nitrogens with two attached hydrogens (primary N) is 1. The third kappa shape index (κ3) is 3.64. The molecule has 0 aliphatic heterocycles. The summed E-state index contributed by atoms with van der Waals surface area (Å²) >= 11 is 0. The largest absolute Gasteiger partial charge is 0.393 e. The minimum atomic E-state index is -0.192. The van der Waals surface area contributed by atoms with Gasteiger partial charge in [-0.1, -0.05) is 0 Å². The molecule has 4 N–H and O–H groups in total. The van der Waals surface area contributed by atoms with Gasteiger partial charge in [0.25, 0.3) is 0 Å². The van der Waals surface area contributed by atoms with Crippen molar-refractivity contribution in [3.05, 3.63) is 0 Å². The highest BCUT2D eigenvalue weighted by molar-refractivity contribution is 5.78. The lowest BCUT2D eigenvalue weighted by atomic mass is 9.87. The maximum atomic E-state index is 11.5. The Morgan fingerprint density at radius 1 is 1.36 bits per heavy atom. The molecule has 1 saturated carbocycles. The normalized spacial score (nSPS) is 27.3. The molecule has 82 valence electrons. The van der Waals surface area contributed by atoms with Crippen LogP contribution in [0.3, 0.4) is 0 Å². The molecule has 4 heteroatoms. The highest BCUT2D eigenvalue weighted by Gasteiger charge is 2.24. The zero-order valence-electron chi connectivity index (χ0n) is 8.54. The second kappa shape index (κ2) is 5.98. The predicted molar refractivity (Wildman–Crippen MR) is 54.6 cm³/mol. The van der Waals surface area contributed by atoms with E-state index in [1.54, 1.807) is 0 Å². The van der Waals surface area contributed by atoms with Crippen molar-refractivity contribution < 1.29 is 9.90 Å². The molecule has 1 aliphatic rings. The van der Waals surface area contributed by atoms with Gasteiger partial charge in [-0.2, -0.15) is 0 Å². The molecule has 0 radical (unpaired) electrons. The van der Waals surface area contributed by atoms with Crippen molar-refractivity contribution >= 4 is 5.91 Å². The van der Waals surface area contributed by atoms with Gasteiger partial charge in [-0.3, -0.25) is 4.79 Å². The molecule has 1 amide bonds. The summed E-state index contributed by atoms with van der Waals surface area (Å²) in [7, 11) is 0. The first-order valence-corrected chi connectivity index (χ1v) is 5.40. The van der Waals surface area contributed by atoms with E-state index in [0.29, 0.717) is 13.1 Å². The van der Waals surface area contributed by atoms with Gasteiger partial charge < -0.3 is 16.2 Å². The molecule has 0 unspecified atom stereocenters.